The molecule has 0 aliphatic rings. The van der Waals surface area contributed by atoms with E-state index in [1.54, 1.807) is 29.1 Å². The van der Waals surface area contributed by atoms with Gasteiger partial charge in [-0.2, -0.15) is 5.10 Å². The summed E-state index contributed by atoms with van der Waals surface area (Å²) >= 11 is 6.07. The van der Waals surface area contributed by atoms with Gasteiger partial charge in [0, 0.05) is 47.1 Å². The number of hydrogen-bond acceptors (Lipinski definition) is 4. The van der Waals surface area contributed by atoms with Crippen LogP contribution in [0.2, 0.25) is 5.02 Å². The standard InChI is InChI=1S/C23H20ClN5O/c24-18-5-3-4-17(14-18)21-15-22(25)29(28-21)20-9-7-16(8-10-20)23(30)27-13-11-19-6-1-2-12-26-19/h1-10,12,14-15H,11,13,25H2,(H,27,30). The van der Waals surface area contributed by atoms with Crippen molar-refractivity contribution in [3.05, 3.63) is 95.3 Å². The molecular formula is C23H20ClN5O. The lowest BCUT2D eigenvalue weighted by Crippen LogP contribution is -2.25. The second kappa shape index (κ2) is 8.80. The molecule has 2 aromatic carbocycles. The number of rotatable bonds is 6. The summed E-state index contributed by atoms with van der Waals surface area (Å²) < 4.78 is 1.64. The van der Waals surface area contributed by atoms with Gasteiger partial charge in [0.05, 0.1) is 11.4 Å². The number of nitrogens with zero attached hydrogens (tertiary/aromatic N) is 3. The van der Waals surface area contributed by atoms with Crippen molar-refractivity contribution >= 4 is 23.3 Å². The normalized spacial score (nSPS) is 10.7. The maximum Gasteiger partial charge on any atom is 0.251 e. The first-order chi connectivity index (χ1) is 14.6. The highest BCUT2D eigenvalue weighted by Gasteiger charge is 2.11. The van der Waals surface area contributed by atoms with E-state index in [0.29, 0.717) is 29.4 Å². The van der Waals surface area contributed by atoms with Crippen molar-refractivity contribution in [2.45, 2.75) is 6.42 Å². The monoisotopic (exact) mass is 417 g/mol. The zero-order valence-electron chi connectivity index (χ0n) is 16.1. The molecule has 2 aromatic heterocycles. The molecule has 0 unspecified atom stereocenters. The molecule has 0 fully saturated rings. The number of hydrogen-bond donors (Lipinski definition) is 2. The summed E-state index contributed by atoms with van der Waals surface area (Å²) in [6.07, 6.45) is 2.43. The van der Waals surface area contributed by atoms with E-state index in [2.05, 4.69) is 15.4 Å². The summed E-state index contributed by atoms with van der Waals surface area (Å²) in [4.78, 5) is 16.6. The number of carbonyl (C=O) groups is 1. The van der Waals surface area contributed by atoms with Crippen LogP contribution < -0.4 is 11.1 Å². The van der Waals surface area contributed by atoms with E-state index in [1.807, 2.05) is 54.6 Å². The first-order valence-corrected chi connectivity index (χ1v) is 9.88. The van der Waals surface area contributed by atoms with Gasteiger partial charge in [0.1, 0.15) is 5.82 Å². The highest BCUT2D eigenvalue weighted by Crippen LogP contribution is 2.25. The minimum atomic E-state index is -0.134. The Kier molecular flexibility index (Phi) is 5.77. The van der Waals surface area contributed by atoms with Crippen molar-refractivity contribution in [3.63, 3.8) is 0 Å². The van der Waals surface area contributed by atoms with E-state index in [-0.39, 0.29) is 5.91 Å². The van der Waals surface area contributed by atoms with Crippen LogP contribution in [0.3, 0.4) is 0 Å². The number of carbonyl (C=O) groups excluding carboxylic acids is 1. The summed E-state index contributed by atoms with van der Waals surface area (Å²) in [5.74, 6) is 0.364. The van der Waals surface area contributed by atoms with Crippen LogP contribution in [-0.2, 0) is 6.42 Å². The third-order valence-corrected chi connectivity index (χ3v) is 4.86. The fourth-order valence-electron chi connectivity index (χ4n) is 3.10. The van der Waals surface area contributed by atoms with Gasteiger partial charge in [-0.05, 0) is 48.5 Å². The quantitative estimate of drug-likeness (QED) is 0.493. The molecule has 30 heavy (non-hydrogen) atoms. The van der Waals surface area contributed by atoms with E-state index in [0.717, 1.165) is 22.6 Å². The summed E-state index contributed by atoms with van der Waals surface area (Å²) in [5, 5.41) is 8.12. The second-order valence-electron chi connectivity index (χ2n) is 6.75. The third-order valence-electron chi connectivity index (χ3n) is 4.62. The van der Waals surface area contributed by atoms with Crippen molar-refractivity contribution in [1.29, 1.82) is 0 Å². The van der Waals surface area contributed by atoms with Crippen LogP contribution in [0.15, 0.2) is 79.0 Å². The highest BCUT2D eigenvalue weighted by molar-refractivity contribution is 6.30. The Bertz CT molecular complexity index is 1160. The molecule has 6 nitrogen and oxygen atoms in total. The molecule has 3 N–H and O–H groups in total. The zero-order valence-corrected chi connectivity index (χ0v) is 16.9. The predicted molar refractivity (Wildman–Crippen MR) is 119 cm³/mol. The van der Waals surface area contributed by atoms with Gasteiger partial charge in [0.25, 0.3) is 5.91 Å². The number of aromatic nitrogens is 3. The maximum absolute atomic E-state index is 12.4. The number of nitrogen functional groups attached to an aromatic ring is 1. The lowest BCUT2D eigenvalue weighted by molar-refractivity contribution is 0.0954. The SMILES string of the molecule is Nc1cc(-c2cccc(Cl)c2)nn1-c1ccc(C(=O)NCCc2ccccn2)cc1. The van der Waals surface area contributed by atoms with Gasteiger partial charge in [-0.3, -0.25) is 9.78 Å². The molecule has 7 heteroatoms. The average molecular weight is 418 g/mol. The number of amides is 1. The van der Waals surface area contributed by atoms with Crippen LogP contribution in [0, 0.1) is 0 Å². The molecule has 4 aromatic rings. The minimum absolute atomic E-state index is 0.134. The molecule has 0 aliphatic heterocycles. The molecular weight excluding hydrogens is 398 g/mol. The third kappa shape index (κ3) is 4.50. The van der Waals surface area contributed by atoms with Crippen LogP contribution in [0.1, 0.15) is 16.1 Å². The molecule has 0 bridgehead atoms. The van der Waals surface area contributed by atoms with Gasteiger partial charge >= 0.3 is 0 Å². The Morgan fingerprint density at radius 1 is 1.03 bits per heavy atom. The van der Waals surface area contributed by atoms with E-state index >= 15 is 0 Å². The van der Waals surface area contributed by atoms with Crippen molar-refractivity contribution < 1.29 is 4.79 Å². The summed E-state index contributed by atoms with van der Waals surface area (Å²) in [6, 6.07) is 22.1. The largest absolute Gasteiger partial charge is 0.384 e. The smallest absolute Gasteiger partial charge is 0.251 e. The first-order valence-electron chi connectivity index (χ1n) is 9.50. The van der Waals surface area contributed by atoms with Crippen molar-refractivity contribution in [2.24, 2.45) is 0 Å². The van der Waals surface area contributed by atoms with Gasteiger partial charge in [-0.1, -0.05) is 29.8 Å². The van der Waals surface area contributed by atoms with E-state index in [4.69, 9.17) is 17.3 Å². The van der Waals surface area contributed by atoms with E-state index in [9.17, 15) is 4.79 Å². The maximum atomic E-state index is 12.4. The van der Waals surface area contributed by atoms with Crippen molar-refractivity contribution in [2.75, 3.05) is 12.3 Å². The number of pyridine rings is 1. The van der Waals surface area contributed by atoms with Gasteiger partial charge < -0.3 is 11.1 Å². The first kappa shape index (κ1) is 19.7. The van der Waals surface area contributed by atoms with Crippen molar-refractivity contribution in [1.82, 2.24) is 20.1 Å². The molecule has 1 amide bonds. The Hall–Kier alpha value is -3.64. The van der Waals surface area contributed by atoms with Crippen LogP contribution in [-0.4, -0.2) is 27.2 Å². The molecule has 0 saturated heterocycles. The summed E-state index contributed by atoms with van der Waals surface area (Å²) in [6.45, 7) is 0.521. The Morgan fingerprint density at radius 3 is 2.60 bits per heavy atom. The van der Waals surface area contributed by atoms with Crippen LogP contribution >= 0.6 is 11.6 Å². The van der Waals surface area contributed by atoms with Gasteiger partial charge in [0.2, 0.25) is 0 Å². The molecule has 0 spiro atoms. The van der Waals surface area contributed by atoms with Gasteiger partial charge in [-0.15, -0.1) is 0 Å². The zero-order chi connectivity index (χ0) is 20.9. The van der Waals surface area contributed by atoms with Crippen molar-refractivity contribution in [3.8, 4) is 16.9 Å². The highest BCUT2D eigenvalue weighted by atomic mass is 35.5. The summed E-state index contributed by atoms with van der Waals surface area (Å²) in [7, 11) is 0. The molecule has 0 saturated carbocycles. The Labute approximate surface area is 179 Å². The predicted octanol–water partition coefficient (Wildman–Crippen LogP) is 4.14. The molecule has 2 heterocycles. The number of anilines is 1. The molecule has 0 aliphatic carbocycles. The topological polar surface area (TPSA) is 85.8 Å². The Balaban J connectivity index is 1.44. The van der Waals surface area contributed by atoms with Gasteiger partial charge in [0.15, 0.2) is 0 Å². The number of nitrogens with two attached hydrogens (primary N) is 1. The lowest BCUT2D eigenvalue weighted by atomic mass is 10.1. The van der Waals surface area contributed by atoms with Crippen LogP contribution in [0.4, 0.5) is 5.82 Å². The lowest BCUT2D eigenvalue weighted by Gasteiger charge is -2.07. The Morgan fingerprint density at radius 2 is 1.87 bits per heavy atom. The van der Waals surface area contributed by atoms with Crippen LogP contribution in [0.25, 0.3) is 16.9 Å². The average Bonchev–Trinajstić information content (AvgIpc) is 3.16. The number of benzene rings is 2. The fourth-order valence-corrected chi connectivity index (χ4v) is 3.29. The summed E-state index contributed by atoms with van der Waals surface area (Å²) in [5.41, 5.74) is 10.0. The number of nitrogens with one attached hydrogen (secondary N) is 1. The van der Waals surface area contributed by atoms with Gasteiger partial charge in [-0.25, -0.2) is 4.68 Å². The minimum Gasteiger partial charge on any atom is -0.384 e. The van der Waals surface area contributed by atoms with E-state index in [1.165, 1.54) is 0 Å². The second-order valence-corrected chi connectivity index (χ2v) is 7.19. The molecule has 0 atom stereocenters. The molecule has 4 rings (SSSR count). The molecule has 150 valence electrons. The number of halogens is 1. The van der Waals surface area contributed by atoms with E-state index < -0.39 is 0 Å². The van der Waals surface area contributed by atoms with Crippen LogP contribution in [0.5, 0.6) is 0 Å². The fraction of sp³-hybridized carbons (Fsp3) is 0.0870. The molecule has 0 radical (unpaired) electrons.